The molecule has 200 valence electrons. The first kappa shape index (κ1) is 27.6. The van der Waals surface area contributed by atoms with Crippen LogP contribution in [-0.2, 0) is 17.3 Å². The molecule has 4 nitrogen and oxygen atoms in total. The number of rotatable bonds is 8. The smallest absolute Gasteiger partial charge is 0.270 e. The van der Waals surface area contributed by atoms with Crippen molar-refractivity contribution in [3.8, 4) is 0 Å². The maximum absolute atomic E-state index is 14.0. The molecule has 7 heteroatoms. The van der Waals surface area contributed by atoms with Gasteiger partial charge in [0.05, 0.1) is 6.54 Å². The van der Waals surface area contributed by atoms with Gasteiger partial charge in [-0.25, -0.2) is 13.2 Å². The molecule has 0 radical (unpaired) electrons. The number of hydrogen-bond donors (Lipinski definition) is 2. The van der Waals surface area contributed by atoms with E-state index in [0.29, 0.717) is 24.1 Å². The second-order valence-electron chi connectivity index (χ2n) is 10.0. The summed E-state index contributed by atoms with van der Waals surface area (Å²) in [6.07, 6.45) is 7.56. The molecule has 1 saturated carbocycles. The summed E-state index contributed by atoms with van der Waals surface area (Å²) in [4.78, 5) is 15.0. The van der Waals surface area contributed by atoms with E-state index in [9.17, 15) is 23.1 Å². The predicted molar refractivity (Wildman–Crippen MR) is 144 cm³/mol. The van der Waals surface area contributed by atoms with Gasteiger partial charge in [-0.15, -0.1) is 0 Å². The van der Waals surface area contributed by atoms with Crippen LogP contribution in [0.5, 0.6) is 0 Å². The van der Waals surface area contributed by atoms with Gasteiger partial charge in [0.1, 0.15) is 12.0 Å². The molecule has 0 saturated heterocycles. The van der Waals surface area contributed by atoms with Crippen LogP contribution in [0.2, 0.25) is 0 Å². The number of alkyl halides is 2. The normalized spacial score (nSPS) is 15.5. The molecule has 3 N–H and O–H groups in total. The van der Waals surface area contributed by atoms with Crippen molar-refractivity contribution in [2.24, 2.45) is 5.73 Å². The second kappa shape index (κ2) is 12.0. The highest BCUT2D eigenvalue weighted by Crippen LogP contribution is 2.34. The zero-order valence-electron chi connectivity index (χ0n) is 21.4. The molecule has 3 aromatic rings. The number of benzene rings is 3. The minimum Gasteiger partial charge on any atom is -0.375 e. The fraction of sp³-hybridized carbons (Fsp3) is 0.323. The molecule has 1 aliphatic carbocycles. The number of nitrogens with zero attached hydrogens (tertiary/aromatic N) is 1. The number of hydrogen-bond acceptors (Lipinski definition) is 3. The van der Waals surface area contributed by atoms with E-state index >= 15 is 0 Å². The van der Waals surface area contributed by atoms with E-state index < -0.39 is 23.5 Å². The Morgan fingerprint density at radius 1 is 1.05 bits per heavy atom. The SMILES string of the molecule is CC(F)(F)c1cc(F)cc(/C=C/C(=O)N(Cc2ccc(C(N)O)cc2)c2ccc(C3CCCCC3)cc2)c1. The lowest BCUT2D eigenvalue weighted by molar-refractivity contribution is -0.114. The molecule has 0 aliphatic heterocycles. The number of nitrogens with two attached hydrogens (primary N) is 1. The molecule has 4 rings (SSSR count). The Kier molecular flexibility index (Phi) is 8.69. The third-order valence-electron chi connectivity index (χ3n) is 7.05. The highest BCUT2D eigenvalue weighted by molar-refractivity contribution is 6.03. The van der Waals surface area contributed by atoms with Gasteiger partial charge in [0.25, 0.3) is 11.8 Å². The minimum atomic E-state index is -3.20. The Morgan fingerprint density at radius 2 is 1.71 bits per heavy atom. The fourth-order valence-corrected chi connectivity index (χ4v) is 4.88. The van der Waals surface area contributed by atoms with Gasteiger partial charge in [-0.2, -0.15) is 0 Å². The standard InChI is InChI=1S/C31H33F3N2O2/c1-31(33,34)26-17-22(18-27(32)19-26)9-16-29(37)36(20-21-7-10-25(11-8-21)30(35)38)28-14-12-24(13-15-28)23-5-3-2-4-6-23/h7-19,23,30,38H,2-6,20,35H2,1H3/b16-9+. The average molecular weight is 523 g/mol. The third-order valence-corrected chi connectivity index (χ3v) is 7.05. The van der Waals surface area contributed by atoms with Crippen LogP contribution in [0, 0.1) is 5.82 Å². The Balaban J connectivity index is 1.61. The number of carbonyl (C=O) groups excluding carboxylic acids is 1. The first-order valence-electron chi connectivity index (χ1n) is 12.9. The van der Waals surface area contributed by atoms with Gasteiger partial charge in [0.15, 0.2) is 0 Å². The molecular formula is C31H33F3N2O2. The van der Waals surface area contributed by atoms with Crippen LogP contribution in [0.4, 0.5) is 18.9 Å². The number of amides is 1. The van der Waals surface area contributed by atoms with E-state index in [-0.39, 0.29) is 18.0 Å². The lowest BCUT2D eigenvalue weighted by Crippen LogP contribution is -2.28. The van der Waals surface area contributed by atoms with Crippen LogP contribution < -0.4 is 10.6 Å². The van der Waals surface area contributed by atoms with Crippen LogP contribution in [0.25, 0.3) is 6.08 Å². The Bertz CT molecular complexity index is 1260. The Morgan fingerprint density at radius 3 is 2.32 bits per heavy atom. The van der Waals surface area contributed by atoms with Crippen molar-refractivity contribution >= 4 is 17.7 Å². The summed E-state index contributed by atoms with van der Waals surface area (Å²) in [5, 5.41) is 9.59. The molecule has 1 amide bonds. The van der Waals surface area contributed by atoms with Gasteiger partial charge < -0.3 is 15.7 Å². The molecule has 1 aliphatic rings. The molecule has 38 heavy (non-hydrogen) atoms. The van der Waals surface area contributed by atoms with Gasteiger partial charge in [-0.1, -0.05) is 55.7 Å². The van der Waals surface area contributed by atoms with Crippen molar-refractivity contribution in [2.45, 2.75) is 63.6 Å². The van der Waals surface area contributed by atoms with Crippen LogP contribution in [-0.4, -0.2) is 11.0 Å². The first-order chi connectivity index (χ1) is 18.1. The first-order valence-corrected chi connectivity index (χ1v) is 12.9. The number of anilines is 1. The van der Waals surface area contributed by atoms with Crippen molar-refractivity contribution < 1.29 is 23.1 Å². The van der Waals surface area contributed by atoms with E-state index in [1.165, 1.54) is 43.0 Å². The zero-order chi connectivity index (χ0) is 27.3. The van der Waals surface area contributed by atoms with E-state index in [1.54, 1.807) is 29.2 Å². The van der Waals surface area contributed by atoms with Crippen molar-refractivity contribution in [2.75, 3.05) is 4.90 Å². The van der Waals surface area contributed by atoms with Crippen molar-refractivity contribution in [1.82, 2.24) is 0 Å². The van der Waals surface area contributed by atoms with Gasteiger partial charge in [-0.3, -0.25) is 4.79 Å². The van der Waals surface area contributed by atoms with Crippen LogP contribution in [0.1, 0.15) is 79.0 Å². The Hall–Kier alpha value is -3.42. The van der Waals surface area contributed by atoms with Crippen LogP contribution >= 0.6 is 0 Å². The second-order valence-corrected chi connectivity index (χ2v) is 10.0. The number of aliphatic hydroxyl groups excluding tert-OH is 1. The summed E-state index contributed by atoms with van der Waals surface area (Å²) in [6.45, 7) is 0.933. The van der Waals surface area contributed by atoms with E-state index in [4.69, 9.17) is 5.73 Å². The summed E-state index contributed by atoms with van der Waals surface area (Å²) < 4.78 is 41.5. The summed E-state index contributed by atoms with van der Waals surface area (Å²) >= 11 is 0. The van der Waals surface area contributed by atoms with Crippen molar-refractivity contribution in [3.05, 3.63) is 106 Å². The molecule has 0 aromatic heterocycles. The lowest BCUT2D eigenvalue weighted by atomic mass is 9.84. The van der Waals surface area contributed by atoms with E-state index in [0.717, 1.165) is 30.5 Å². The monoisotopic (exact) mass is 522 g/mol. The Labute approximate surface area is 221 Å². The molecule has 0 bridgehead atoms. The molecule has 0 heterocycles. The highest BCUT2D eigenvalue weighted by Gasteiger charge is 2.25. The summed E-state index contributed by atoms with van der Waals surface area (Å²) in [7, 11) is 0. The highest BCUT2D eigenvalue weighted by atomic mass is 19.3. The van der Waals surface area contributed by atoms with Crippen LogP contribution in [0.3, 0.4) is 0 Å². The number of carbonyl (C=O) groups is 1. The molecule has 1 unspecified atom stereocenters. The predicted octanol–water partition coefficient (Wildman–Crippen LogP) is 7.18. The fourth-order valence-electron chi connectivity index (χ4n) is 4.88. The zero-order valence-corrected chi connectivity index (χ0v) is 21.4. The maximum Gasteiger partial charge on any atom is 0.270 e. The van der Waals surface area contributed by atoms with Crippen LogP contribution in [0.15, 0.2) is 72.8 Å². The molecule has 0 spiro atoms. The minimum absolute atomic E-state index is 0.170. The van der Waals surface area contributed by atoms with Gasteiger partial charge in [0, 0.05) is 24.3 Å². The largest absolute Gasteiger partial charge is 0.375 e. The summed E-state index contributed by atoms with van der Waals surface area (Å²) in [5.74, 6) is -3.86. The number of halogens is 3. The average Bonchev–Trinajstić information content (AvgIpc) is 2.90. The summed E-state index contributed by atoms with van der Waals surface area (Å²) in [6, 6.07) is 18.0. The topological polar surface area (TPSA) is 66.6 Å². The molecule has 3 aromatic carbocycles. The van der Waals surface area contributed by atoms with Gasteiger partial charge >= 0.3 is 0 Å². The van der Waals surface area contributed by atoms with E-state index in [1.807, 2.05) is 12.1 Å². The molecule has 1 atom stereocenters. The van der Waals surface area contributed by atoms with Gasteiger partial charge in [0.2, 0.25) is 0 Å². The maximum atomic E-state index is 14.0. The number of aliphatic hydroxyl groups is 1. The third kappa shape index (κ3) is 7.11. The van der Waals surface area contributed by atoms with Gasteiger partial charge in [-0.05, 0) is 77.4 Å². The summed E-state index contributed by atoms with van der Waals surface area (Å²) in [5.41, 5.74) is 8.55. The lowest BCUT2D eigenvalue weighted by Gasteiger charge is -2.25. The van der Waals surface area contributed by atoms with Crippen molar-refractivity contribution in [3.63, 3.8) is 0 Å². The van der Waals surface area contributed by atoms with Crippen molar-refractivity contribution in [1.29, 1.82) is 0 Å². The molecule has 1 fully saturated rings. The molecular weight excluding hydrogens is 489 g/mol. The quantitative estimate of drug-likeness (QED) is 0.243. The van der Waals surface area contributed by atoms with E-state index in [2.05, 4.69) is 12.1 Å².